The minimum Gasteiger partial charge on any atom is -0.493 e. The standard InChI is InChI=1S/C15H22BrNO3/c1-5-6-20-14-12(16)7-11(8-13(14)19-4)15(18)17-9-10(2)3/h7-8,10H,5-6,9H2,1-4H3,(H,17,18). The lowest BCUT2D eigenvalue weighted by Crippen LogP contribution is -2.27. The summed E-state index contributed by atoms with van der Waals surface area (Å²) < 4.78 is 11.7. The second kappa shape index (κ2) is 8.15. The Hall–Kier alpha value is -1.23. The third-order valence-corrected chi connectivity index (χ3v) is 3.20. The summed E-state index contributed by atoms with van der Waals surface area (Å²) in [5.41, 5.74) is 0.554. The molecule has 1 aromatic carbocycles. The minimum absolute atomic E-state index is 0.111. The van der Waals surface area contributed by atoms with Crippen LogP contribution in [-0.4, -0.2) is 26.2 Å². The van der Waals surface area contributed by atoms with E-state index in [0.717, 1.165) is 10.9 Å². The molecule has 0 bridgehead atoms. The first-order chi connectivity index (χ1) is 9.49. The highest BCUT2D eigenvalue weighted by Crippen LogP contribution is 2.36. The molecule has 0 saturated carbocycles. The number of carbonyl (C=O) groups is 1. The lowest BCUT2D eigenvalue weighted by atomic mass is 10.1. The summed E-state index contributed by atoms with van der Waals surface area (Å²) in [6.45, 7) is 7.39. The zero-order chi connectivity index (χ0) is 15.1. The number of hydrogen-bond acceptors (Lipinski definition) is 3. The maximum Gasteiger partial charge on any atom is 0.251 e. The molecule has 0 aliphatic carbocycles. The zero-order valence-electron chi connectivity index (χ0n) is 12.5. The SMILES string of the molecule is CCCOc1c(Br)cc(C(=O)NCC(C)C)cc1OC. The summed E-state index contributed by atoms with van der Waals surface area (Å²) >= 11 is 3.43. The van der Waals surface area contributed by atoms with Crippen LogP contribution < -0.4 is 14.8 Å². The van der Waals surface area contributed by atoms with Crippen molar-refractivity contribution >= 4 is 21.8 Å². The number of ether oxygens (including phenoxy) is 2. The number of methoxy groups -OCH3 is 1. The summed E-state index contributed by atoms with van der Waals surface area (Å²) in [7, 11) is 1.57. The van der Waals surface area contributed by atoms with E-state index in [0.29, 0.717) is 36.1 Å². The quantitative estimate of drug-likeness (QED) is 0.822. The van der Waals surface area contributed by atoms with Gasteiger partial charge in [-0.25, -0.2) is 0 Å². The first kappa shape index (κ1) is 16.8. The van der Waals surface area contributed by atoms with Crippen LogP contribution >= 0.6 is 15.9 Å². The Labute approximate surface area is 129 Å². The molecule has 1 rings (SSSR count). The Kier molecular flexibility index (Phi) is 6.85. The van der Waals surface area contributed by atoms with E-state index < -0.39 is 0 Å². The highest BCUT2D eigenvalue weighted by molar-refractivity contribution is 9.10. The van der Waals surface area contributed by atoms with Crippen LogP contribution in [0.1, 0.15) is 37.6 Å². The topological polar surface area (TPSA) is 47.6 Å². The second-order valence-electron chi connectivity index (χ2n) is 4.94. The molecule has 112 valence electrons. The largest absolute Gasteiger partial charge is 0.493 e. The van der Waals surface area contributed by atoms with Crippen LogP contribution in [0.4, 0.5) is 0 Å². The zero-order valence-corrected chi connectivity index (χ0v) is 14.0. The van der Waals surface area contributed by atoms with Crippen LogP contribution in [0.2, 0.25) is 0 Å². The van der Waals surface area contributed by atoms with Crippen molar-refractivity contribution in [3.8, 4) is 11.5 Å². The van der Waals surface area contributed by atoms with Crippen molar-refractivity contribution in [2.45, 2.75) is 27.2 Å². The van der Waals surface area contributed by atoms with Gasteiger partial charge in [-0.2, -0.15) is 0 Å². The maximum absolute atomic E-state index is 12.1. The molecule has 20 heavy (non-hydrogen) atoms. The molecular weight excluding hydrogens is 322 g/mol. The van der Waals surface area contributed by atoms with E-state index >= 15 is 0 Å². The molecule has 0 aliphatic heterocycles. The van der Waals surface area contributed by atoms with Crippen LogP contribution in [0.5, 0.6) is 11.5 Å². The molecule has 0 saturated heterocycles. The molecule has 1 aromatic rings. The molecule has 4 nitrogen and oxygen atoms in total. The average molecular weight is 344 g/mol. The molecule has 0 radical (unpaired) electrons. The van der Waals surface area contributed by atoms with E-state index in [1.807, 2.05) is 6.92 Å². The third kappa shape index (κ3) is 4.71. The Bertz CT molecular complexity index is 461. The number of halogens is 1. The van der Waals surface area contributed by atoms with Gasteiger partial charge in [-0.05, 0) is 40.4 Å². The van der Waals surface area contributed by atoms with Gasteiger partial charge in [-0.1, -0.05) is 20.8 Å². The summed E-state index contributed by atoms with van der Waals surface area (Å²) in [5, 5.41) is 2.88. The van der Waals surface area contributed by atoms with Crippen molar-refractivity contribution in [3.05, 3.63) is 22.2 Å². The molecule has 0 fully saturated rings. The van der Waals surface area contributed by atoms with Gasteiger partial charge in [0.25, 0.3) is 5.91 Å². The van der Waals surface area contributed by atoms with Gasteiger partial charge in [-0.3, -0.25) is 4.79 Å². The Morgan fingerprint density at radius 3 is 2.65 bits per heavy atom. The van der Waals surface area contributed by atoms with E-state index in [9.17, 15) is 4.79 Å². The molecule has 1 amide bonds. The van der Waals surface area contributed by atoms with Gasteiger partial charge in [0.1, 0.15) is 0 Å². The van der Waals surface area contributed by atoms with Crippen molar-refractivity contribution in [1.29, 1.82) is 0 Å². The normalized spacial score (nSPS) is 10.5. The predicted molar refractivity (Wildman–Crippen MR) is 83.7 cm³/mol. The van der Waals surface area contributed by atoms with Crippen LogP contribution in [0.3, 0.4) is 0 Å². The summed E-state index contributed by atoms with van der Waals surface area (Å²) in [5.74, 6) is 1.49. The van der Waals surface area contributed by atoms with E-state index in [1.165, 1.54) is 0 Å². The highest BCUT2D eigenvalue weighted by Gasteiger charge is 2.15. The number of hydrogen-bond donors (Lipinski definition) is 1. The molecule has 0 aliphatic rings. The van der Waals surface area contributed by atoms with Gasteiger partial charge in [0.15, 0.2) is 11.5 Å². The first-order valence-corrected chi connectivity index (χ1v) is 7.57. The Morgan fingerprint density at radius 2 is 2.10 bits per heavy atom. The molecule has 0 unspecified atom stereocenters. The second-order valence-corrected chi connectivity index (χ2v) is 5.80. The Morgan fingerprint density at radius 1 is 1.40 bits per heavy atom. The predicted octanol–water partition coefficient (Wildman–Crippen LogP) is 3.63. The smallest absolute Gasteiger partial charge is 0.251 e. The van der Waals surface area contributed by atoms with Crippen LogP contribution in [0.15, 0.2) is 16.6 Å². The van der Waals surface area contributed by atoms with Gasteiger partial charge >= 0.3 is 0 Å². The molecule has 5 heteroatoms. The van der Waals surface area contributed by atoms with Gasteiger partial charge < -0.3 is 14.8 Å². The van der Waals surface area contributed by atoms with E-state index in [1.54, 1.807) is 19.2 Å². The molecular formula is C15H22BrNO3. The number of rotatable bonds is 7. The summed E-state index contributed by atoms with van der Waals surface area (Å²) in [6, 6.07) is 3.45. The van der Waals surface area contributed by atoms with Crippen molar-refractivity contribution in [2.24, 2.45) is 5.92 Å². The summed E-state index contributed by atoms with van der Waals surface area (Å²) in [6.07, 6.45) is 0.909. The van der Waals surface area contributed by atoms with Crippen molar-refractivity contribution in [1.82, 2.24) is 5.32 Å². The van der Waals surface area contributed by atoms with Gasteiger partial charge in [0, 0.05) is 12.1 Å². The highest BCUT2D eigenvalue weighted by atomic mass is 79.9. The Balaban J connectivity index is 2.94. The van der Waals surface area contributed by atoms with Gasteiger partial charge in [-0.15, -0.1) is 0 Å². The molecule has 0 spiro atoms. The number of benzene rings is 1. The lowest BCUT2D eigenvalue weighted by Gasteiger charge is -2.14. The summed E-state index contributed by atoms with van der Waals surface area (Å²) in [4.78, 5) is 12.1. The first-order valence-electron chi connectivity index (χ1n) is 6.78. The fraction of sp³-hybridized carbons (Fsp3) is 0.533. The van der Waals surface area contributed by atoms with E-state index in [2.05, 4.69) is 35.1 Å². The fourth-order valence-corrected chi connectivity index (χ4v) is 2.15. The maximum atomic E-state index is 12.1. The average Bonchev–Trinajstić information content (AvgIpc) is 2.42. The number of carbonyl (C=O) groups excluding carboxylic acids is 1. The molecule has 0 atom stereocenters. The molecule has 1 N–H and O–H groups in total. The molecule has 0 aromatic heterocycles. The lowest BCUT2D eigenvalue weighted by molar-refractivity contribution is 0.0948. The van der Waals surface area contributed by atoms with Crippen LogP contribution in [0.25, 0.3) is 0 Å². The van der Waals surface area contributed by atoms with Crippen molar-refractivity contribution in [3.63, 3.8) is 0 Å². The van der Waals surface area contributed by atoms with Gasteiger partial charge in [0.05, 0.1) is 18.2 Å². The van der Waals surface area contributed by atoms with E-state index in [-0.39, 0.29) is 5.91 Å². The van der Waals surface area contributed by atoms with Crippen molar-refractivity contribution in [2.75, 3.05) is 20.3 Å². The van der Waals surface area contributed by atoms with Gasteiger partial charge in [0.2, 0.25) is 0 Å². The van der Waals surface area contributed by atoms with E-state index in [4.69, 9.17) is 9.47 Å². The minimum atomic E-state index is -0.111. The fourth-order valence-electron chi connectivity index (χ4n) is 1.59. The van der Waals surface area contributed by atoms with Crippen molar-refractivity contribution < 1.29 is 14.3 Å². The number of nitrogens with one attached hydrogen (secondary N) is 1. The molecule has 0 heterocycles. The van der Waals surface area contributed by atoms with Crippen LogP contribution in [0, 0.1) is 5.92 Å². The van der Waals surface area contributed by atoms with Crippen LogP contribution in [-0.2, 0) is 0 Å². The monoisotopic (exact) mass is 343 g/mol. The third-order valence-electron chi connectivity index (χ3n) is 2.61. The number of amides is 1.